The van der Waals surface area contributed by atoms with Gasteiger partial charge in [-0.15, -0.1) is 0 Å². The number of aromatic nitrogens is 2. The number of nitrogens with two attached hydrogens (primary N) is 1. The topological polar surface area (TPSA) is 73.1 Å². The van der Waals surface area contributed by atoms with Gasteiger partial charge in [0.15, 0.2) is 5.82 Å². The van der Waals surface area contributed by atoms with E-state index in [4.69, 9.17) is 10.6 Å². The molecule has 0 saturated carbocycles. The maximum absolute atomic E-state index is 5.52. The lowest BCUT2D eigenvalue weighted by Crippen LogP contribution is -2.09. The van der Waals surface area contributed by atoms with Crippen LogP contribution in [-0.2, 0) is 6.61 Å². The number of nitrogens with zero attached hydrogens (tertiary/aromatic N) is 2. The molecule has 6 heteroatoms. The molecule has 2 rings (SSSR count). The Labute approximate surface area is 107 Å². The molecule has 0 aliphatic carbocycles. The van der Waals surface area contributed by atoms with Crippen LogP contribution in [0.15, 0.2) is 41.1 Å². The summed E-state index contributed by atoms with van der Waals surface area (Å²) in [5.41, 5.74) is 3.46. The van der Waals surface area contributed by atoms with E-state index >= 15 is 0 Å². The van der Waals surface area contributed by atoms with Gasteiger partial charge in [-0.05, 0) is 6.07 Å². The zero-order valence-electron chi connectivity index (χ0n) is 8.93. The molecule has 0 fully saturated rings. The summed E-state index contributed by atoms with van der Waals surface area (Å²) in [5, 5.41) is 0. The molecule has 5 nitrogen and oxygen atoms in total. The van der Waals surface area contributed by atoms with Gasteiger partial charge in [0.25, 0.3) is 0 Å². The van der Waals surface area contributed by atoms with Crippen LogP contribution in [0.4, 0.5) is 5.82 Å². The number of hydrogen-bond donors (Lipinski definition) is 2. The number of nitrogen functional groups attached to an aromatic ring is 1. The molecule has 0 aliphatic heterocycles. The van der Waals surface area contributed by atoms with E-state index in [1.165, 1.54) is 12.4 Å². The van der Waals surface area contributed by atoms with E-state index in [1.54, 1.807) is 0 Å². The summed E-state index contributed by atoms with van der Waals surface area (Å²) in [4.78, 5) is 8.05. The van der Waals surface area contributed by atoms with Crippen molar-refractivity contribution < 1.29 is 4.74 Å². The van der Waals surface area contributed by atoms with Crippen LogP contribution in [0.25, 0.3) is 0 Å². The van der Waals surface area contributed by atoms with Gasteiger partial charge in [-0.3, -0.25) is 4.98 Å². The van der Waals surface area contributed by atoms with Gasteiger partial charge in [-0.2, -0.15) is 4.98 Å². The number of halogens is 1. The second kappa shape index (κ2) is 5.60. The van der Waals surface area contributed by atoms with Gasteiger partial charge in [-0.25, -0.2) is 5.84 Å². The molecule has 1 aromatic heterocycles. The SMILES string of the molecule is NNc1cncc(OCc2ccccc2Br)n1. The Bertz CT molecular complexity index is 506. The Kier molecular flexibility index (Phi) is 3.89. The Hall–Kier alpha value is -1.66. The van der Waals surface area contributed by atoms with Gasteiger partial charge in [-0.1, -0.05) is 34.1 Å². The lowest BCUT2D eigenvalue weighted by Gasteiger charge is -2.07. The molecule has 0 spiro atoms. The molecule has 1 aromatic carbocycles. The Morgan fingerprint density at radius 1 is 1.29 bits per heavy atom. The third kappa shape index (κ3) is 3.15. The lowest BCUT2D eigenvalue weighted by molar-refractivity contribution is 0.292. The predicted molar refractivity (Wildman–Crippen MR) is 68.3 cm³/mol. The fraction of sp³-hybridized carbons (Fsp3) is 0.0909. The molecule has 1 heterocycles. The molecule has 2 aromatic rings. The Morgan fingerprint density at radius 2 is 2.12 bits per heavy atom. The first-order valence-corrected chi connectivity index (χ1v) is 5.74. The first kappa shape index (κ1) is 11.8. The van der Waals surface area contributed by atoms with Crippen LogP contribution in [0, 0.1) is 0 Å². The van der Waals surface area contributed by atoms with E-state index in [9.17, 15) is 0 Å². The molecule has 0 bridgehead atoms. The van der Waals surface area contributed by atoms with Crippen LogP contribution in [0.2, 0.25) is 0 Å². The van der Waals surface area contributed by atoms with Crippen LogP contribution < -0.4 is 16.0 Å². The highest BCUT2D eigenvalue weighted by atomic mass is 79.9. The maximum atomic E-state index is 5.52. The number of nitrogens with one attached hydrogen (secondary N) is 1. The minimum atomic E-state index is 0.421. The quantitative estimate of drug-likeness (QED) is 0.667. The van der Waals surface area contributed by atoms with Crippen LogP contribution in [0.1, 0.15) is 5.56 Å². The van der Waals surface area contributed by atoms with Gasteiger partial charge in [0.2, 0.25) is 5.88 Å². The number of rotatable bonds is 4. The fourth-order valence-electron chi connectivity index (χ4n) is 1.25. The zero-order valence-corrected chi connectivity index (χ0v) is 10.5. The van der Waals surface area contributed by atoms with Gasteiger partial charge in [0.1, 0.15) is 6.61 Å². The molecule has 17 heavy (non-hydrogen) atoms. The summed E-state index contributed by atoms with van der Waals surface area (Å²) in [6, 6.07) is 7.84. The molecular weight excluding hydrogens is 284 g/mol. The van der Waals surface area contributed by atoms with E-state index in [-0.39, 0.29) is 0 Å². The van der Waals surface area contributed by atoms with Crippen molar-refractivity contribution in [3.63, 3.8) is 0 Å². The first-order chi connectivity index (χ1) is 8.29. The van der Waals surface area contributed by atoms with Crippen LogP contribution in [0.5, 0.6) is 5.88 Å². The minimum absolute atomic E-state index is 0.421. The van der Waals surface area contributed by atoms with Crippen molar-refractivity contribution in [2.75, 3.05) is 5.43 Å². The average Bonchev–Trinajstić information content (AvgIpc) is 2.38. The number of hydrogen-bond acceptors (Lipinski definition) is 5. The Morgan fingerprint density at radius 3 is 2.88 bits per heavy atom. The molecule has 0 saturated heterocycles. The number of ether oxygens (including phenoxy) is 1. The number of benzene rings is 1. The summed E-state index contributed by atoms with van der Waals surface area (Å²) < 4.78 is 6.52. The molecule has 0 unspecified atom stereocenters. The third-order valence-electron chi connectivity index (χ3n) is 2.09. The van der Waals surface area contributed by atoms with Crippen molar-refractivity contribution in [2.45, 2.75) is 6.61 Å². The van der Waals surface area contributed by atoms with Gasteiger partial charge in [0.05, 0.1) is 12.4 Å². The monoisotopic (exact) mass is 294 g/mol. The molecule has 0 aliphatic rings. The number of hydrazine groups is 1. The minimum Gasteiger partial charge on any atom is -0.472 e. The van der Waals surface area contributed by atoms with E-state index in [2.05, 4.69) is 31.3 Å². The first-order valence-electron chi connectivity index (χ1n) is 4.94. The normalized spacial score (nSPS) is 10.0. The zero-order chi connectivity index (χ0) is 12.1. The van der Waals surface area contributed by atoms with E-state index in [1.807, 2.05) is 24.3 Å². The van der Waals surface area contributed by atoms with Crippen molar-refractivity contribution in [3.05, 3.63) is 46.7 Å². The van der Waals surface area contributed by atoms with Crippen LogP contribution in [0.3, 0.4) is 0 Å². The average molecular weight is 295 g/mol. The molecule has 0 radical (unpaired) electrons. The second-order valence-electron chi connectivity index (χ2n) is 3.27. The molecule has 0 atom stereocenters. The standard InChI is InChI=1S/C11H11BrN4O/c12-9-4-2-1-3-8(9)7-17-11-6-14-5-10(15-11)16-13/h1-6H,7,13H2,(H,15,16). The molecular formula is C11H11BrN4O. The van der Waals surface area contributed by atoms with Crippen molar-refractivity contribution in [2.24, 2.45) is 5.84 Å². The highest BCUT2D eigenvalue weighted by molar-refractivity contribution is 9.10. The van der Waals surface area contributed by atoms with E-state index < -0.39 is 0 Å². The van der Waals surface area contributed by atoms with Gasteiger partial charge in [0, 0.05) is 10.0 Å². The van der Waals surface area contributed by atoms with Crippen molar-refractivity contribution in [3.8, 4) is 5.88 Å². The summed E-state index contributed by atoms with van der Waals surface area (Å²) in [5.74, 6) is 6.13. The molecule has 3 N–H and O–H groups in total. The highest BCUT2D eigenvalue weighted by Gasteiger charge is 2.02. The van der Waals surface area contributed by atoms with Crippen LogP contribution in [-0.4, -0.2) is 9.97 Å². The fourth-order valence-corrected chi connectivity index (χ4v) is 1.65. The van der Waals surface area contributed by atoms with Gasteiger partial charge < -0.3 is 10.2 Å². The predicted octanol–water partition coefficient (Wildman–Crippen LogP) is 2.10. The summed E-state index contributed by atoms with van der Waals surface area (Å²) in [6.45, 7) is 0.421. The maximum Gasteiger partial charge on any atom is 0.234 e. The van der Waals surface area contributed by atoms with Crippen molar-refractivity contribution in [1.29, 1.82) is 0 Å². The van der Waals surface area contributed by atoms with Gasteiger partial charge >= 0.3 is 0 Å². The van der Waals surface area contributed by atoms with Crippen LogP contribution >= 0.6 is 15.9 Å². The number of anilines is 1. The smallest absolute Gasteiger partial charge is 0.234 e. The van der Waals surface area contributed by atoms with Crippen molar-refractivity contribution >= 4 is 21.7 Å². The Balaban J connectivity index is 2.05. The van der Waals surface area contributed by atoms with E-state index in [0.717, 1.165) is 10.0 Å². The summed E-state index contributed by atoms with van der Waals surface area (Å²) in [6.07, 6.45) is 3.06. The second-order valence-corrected chi connectivity index (χ2v) is 4.12. The third-order valence-corrected chi connectivity index (χ3v) is 2.87. The molecule has 0 amide bonds. The summed E-state index contributed by atoms with van der Waals surface area (Å²) >= 11 is 3.45. The highest BCUT2D eigenvalue weighted by Crippen LogP contribution is 2.18. The summed E-state index contributed by atoms with van der Waals surface area (Å²) in [7, 11) is 0. The lowest BCUT2D eigenvalue weighted by atomic mass is 10.2. The van der Waals surface area contributed by atoms with E-state index in [0.29, 0.717) is 18.3 Å². The largest absolute Gasteiger partial charge is 0.472 e. The van der Waals surface area contributed by atoms with Crippen molar-refractivity contribution in [1.82, 2.24) is 9.97 Å². The molecule has 88 valence electrons.